The molecular formula is C21H17ClN4O4. The molecule has 1 aliphatic heterocycles. The van der Waals surface area contributed by atoms with Crippen molar-refractivity contribution in [1.82, 2.24) is 9.55 Å². The average Bonchev–Trinajstić information content (AvgIpc) is 2.72. The highest BCUT2D eigenvalue weighted by molar-refractivity contribution is 6.33. The molecule has 4 rings (SSSR count). The maximum atomic E-state index is 12.9. The standard InChI is InChI=1S/C21H17ClN4O4/c22-14-8-4-5-9-15(14)23-19(28)13-10-16(27)24-18-17(13)20(29)25-21(30)26(18)11-12-6-2-1-3-7-12/h1-9,13H,10-11H2,(H,23,28)(H,24,27)(H,25,29,30). The van der Waals surface area contributed by atoms with E-state index in [1.165, 1.54) is 4.57 Å². The Hall–Kier alpha value is -3.65. The molecule has 0 radical (unpaired) electrons. The number of fused-ring (bicyclic) bond motifs is 1. The van der Waals surface area contributed by atoms with Gasteiger partial charge >= 0.3 is 5.69 Å². The second-order valence-electron chi connectivity index (χ2n) is 6.87. The van der Waals surface area contributed by atoms with Gasteiger partial charge in [0, 0.05) is 6.42 Å². The van der Waals surface area contributed by atoms with Crippen molar-refractivity contribution in [1.29, 1.82) is 0 Å². The predicted molar refractivity (Wildman–Crippen MR) is 113 cm³/mol. The van der Waals surface area contributed by atoms with Gasteiger partial charge in [-0.05, 0) is 17.7 Å². The fourth-order valence-corrected chi connectivity index (χ4v) is 3.62. The number of halogens is 1. The molecule has 2 amide bonds. The Balaban J connectivity index is 1.77. The van der Waals surface area contributed by atoms with E-state index in [9.17, 15) is 19.2 Å². The number of hydrogen-bond acceptors (Lipinski definition) is 4. The molecule has 0 fully saturated rings. The number of nitrogens with zero attached hydrogens (tertiary/aromatic N) is 1. The molecule has 0 spiro atoms. The zero-order valence-electron chi connectivity index (χ0n) is 15.6. The summed E-state index contributed by atoms with van der Waals surface area (Å²) in [6.07, 6.45) is -0.226. The van der Waals surface area contributed by atoms with Crippen LogP contribution in [-0.2, 0) is 16.1 Å². The molecule has 1 atom stereocenters. The number of rotatable bonds is 4. The van der Waals surface area contributed by atoms with Gasteiger partial charge in [0.15, 0.2) is 0 Å². The van der Waals surface area contributed by atoms with E-state index >= 15 is 0 Å². The maximum absolute atomic E-state index is 12.9. The molecule has 2 heterocycles. The van der Waals surface area contributed by atoms with Gasteiger partial charge in [0.25, 0.3) is 5.56 Å². The van der Waals surface area contributed by atoms with E-state index in [2.05, 4.69) is 15.6 Å². The van der Waals surface area contributed by atoms with Crippen molar-refractivity contribution in [3.05, 3.63) is 91.6 Å². The topological polar surface area (TPSA) is 113 Å². The summed E-state index contributed by atoms with van der Waals surface area (Å²) in [5.74, 6) is -2.07. The molecule has 152 valence electrons. The van der Waals surface area contributed by atoms with E-state index in [0.29, 0.717) is 10.7 Å². The van der Waals surface area contributed by atoms with Crippen LogP contribution in [0.3, 0.4) is 0 Å². The van der Waals surface area contributed by atoms with Gasteiger partial charge < -0.3 is 10.6 Å². The van der Waals surface area contributed by atoms with Gasteiger partial charge in [-0.3, -0.25) is 23.9 Å². The van der Waals surface area contributed by atoms with Gasteiger partial charge in [0.1, 0.15) is 5.82 Å². The van der Waals surface area contributed by atoms with E-state index in [1.807, 2.05) is 30.3 Å². The molecule has 1 aromatic heterocycles. The third kappa shape index (κ3) is 3.77. The van der Waals surface area contributed by atoms with Crippen LogP contribution >= 0.6 is 11.6 Å². The minimum Gasteiger partial charge on any atom is -0.324 e. The number of amides is 2. The van der Waals surface area contributed by atoms with E-state index < -0.39 is 29.0 Å². The number of carbonyl (C=O) groups excluding carboxylic acids is 2. The molecule has 1 unspecified atom stereocenters. The van der Waals surface area contributed by atoms with Crippen molar-refractivity contribution in [3.63, 3.8) is 0 Å². The Labute approximate surface area is 175 Å². The molecule has 0 bridgehead atoms. The lowest BCUT2D eigenvalue weighted by Crippen LogP contribution is -2.42. The van der Waals surface area contributed by atoms with Gasteiger partial charge in [0.05, 0.1) is 28.7 Å². The number of anilines is 2. The quantitative estimate of drug-likeness (QED) is 0.596. The fraction of sp³-hybridized carbons (Fsp3) is 0.143. The van der Waals surface area contributed by atoms with Crippen LogP contribution in [-0.4, -0.2) is 21.4 Å². The Morgan fingerprint density at radius 1 is 1.07 bits per heavy atom. The second-order valence-corrected chi connectivity index (χ2v) is 7.27. The van der Waals surface area contributed by atoms with Crippen LogP contribution in [0.2, 0.25) is 5.02 Å². The van der Waals surface area contributed by atoms with E-state index in [1.54, 1.807) is 24.3 Å². The van der Waals surface area contributed by atoms with Crippen LogP contribution < -0.4 is 21.9 Å². The first-order chi connectivity index (χ1) is 14.4. The molecule has 3 N–H and O–H groups in total. The summed E-state index contributed by atoms with van der Waals surface area (Å²) in [5, 5.41) is 5.58. The third-order valence-corrected chi connectivity index (χ3v) is 5.19. The lowest BCUT2D eigenvalue weighted by Gasteiger charge is -2.26. The molecule has 9 heteroatoms. The summed E-state index contributed by atoms with van der Waals surface area (Å²) in [7, 11) is 0. The van der Waals surface area contributed by atoms with Gasteiger partial charge in [-0.2, -0.15) is 0 Å². The Morgan fingerprint density at radius 3 is 2.50 bits per heavy atom. The molecule has 8 nitrogen and oxygen atoms in total. The Bertz CT molecular complexity index is 1250. The smallest absolute Gasteiger partial charge is 0.324 e. The second kappa shape index (κ2) is 8.00. The van der Waals surface area contributed by atoms with Crippen LogP contribution in [0.4, 0.5) is 11.5 Å². The Kier molecular flexibility index (Phi) is 5.24. The highest BCUT2D eigenvalue weighted by Gasteiger charge is 2.35. The van der Waals surface area contributed by atoms with E-state index in [-0.39, 0.29) is 24.3 Å². The van der Waals surface area contributed by atoms with Gasteiger partial charge in [-0.25, -0.2) is 4.79 Å². The van der Waals surface area contributed by atoms with E-state index in [0.717, 1.165) is 5.56 Å². The summed E-state index contributed by atoms with van der Waals surface area (Å²) in [6.45, 7) is 0.123. The molecule has 0 saturated carbocycles. The number of benzene rings is 2. The number of aromatic nitrogens is 2. The number of carbonyl (C=O) groups is 2. The molecule has 3 aromatic rings. The number of H-pyrrole nitrogens is 1. The number of para-hydroxylation sites is 1. The van der Waals surface area contributed by atoms with Crippen molar-refractivity contribution in [2.75, 3.05) is 10.6 Å². The SMILES string of the molecule is O=C1CC(C(=O)Nc2ccccc2Cl)c2c(n(Cc3ccccc3)c(=O)[nH]c2=O)N1. The first kappa shape index (κ1) is 19.7. The lowest BCUT2D eigenvalue weighted by molar-refractivity contribution is -0.123. The number of hydrogen-bond donors (Lipinski definition) is 3. The largest absolute Gasteiger partial charge is 0.330 e. The molecular weight excluding hydrogens is 408 g/mol. The van der Waals surface area contributed by atoms with Crippen LogP contribution in [0.5, 0.6) is 0 Å². The molecule has 0 aliphatic carbocycles. The fourth-order valence-electron chi connectivity index (χ4n) is 3.44. The number of aromatic amines is 1. The Morgan fingerprint density at radius 2 is 1.77 bits per heavy atom. The summed E-state index contributed by atoms with van der Waals surface area (Å²) in [5.41, 5.74) is -0.181. The predicted octanol–water partition coefficient (Wildman–Crippen LogP) is 2.30. The zero-order valence-corrected chi connectivity index (χ0v) is 16.4. The molecule has 30 heavy (non-hydrogen) atoms. The van der Waals surface area contributed by atoms with Crippen LogP contribution in [0.25, 0.3) is 0 Å². The maximum Gasteiger partial charge on any atom is 0.330 e. The molecule has 0 saturated heterocycles. The van der Waals surface area contributed by atoms with Gasteiger partial charge in [0.2, 0.25) is 11.8 Å². The van der Waals surface area contributed by atoms with Crippen molar-refractivity contribution < 1.29 is 9.59 Å². The highest BCUT2D eigenvalue weighted by atomic mass is 35.5. The first-order valence-corrected chi connectivity index (χ1v) is 9.58. The minimum absolute atomic E-state index is 0.0307. The van der Waals surface area contributed by atoms with Crippen LogP contribution in [0.1, 0.15) is 23.5 Å². The molecule has 1 aliphatic rings. The summed E-state index contributed by atoms with van der Waals surface area (Å²) < 4.78 is 1.25. The van der Waals surface area contributed by atoms with E-state index in [4.69, 9.17) is 11.6 Å². The van der Waals surface area contributed by atoms with Crippen LogP contribution in [0.15, 0.2) is 64.2 Å². The van der Waals surface area contributed by atoms with Gasteiger partial charge in [-0.15, -0.1) is 0 Å². The van der Waals surface area contributed by atoms with Crippen LogP contribution in [0, 0.1) is 0 Å². The summed E-state index contributed by atoms with van der Waals surface area (Å²) in [4.78, 5) is 52.6. The summed E-state index contributed by atoms with van der Waals surface area (Å²) >= 11 is 6.10. The third-order valence-electron chi connectivity index (χ3n) is 4.86. The lowest BCUT2D eigenvalue weighted by atomic mass is 9.92. The summed E-state index contributed by atoms with van der Waals surface area (Å²) in [6, 6.07) is 15.8. The average molecular weight is 425 g/mol. The monoisotopic (exact) mass is 424 g/mol. The zero-order chi connectivity index (χ0) is 21.3. The minimum atomic E-state index is -1.07. The van der Waals surface area contributed by atoms with Crippen molar-refractivity contribution in [3.8, 4) is 0 Å². The highest BCUT2D eigenvalue weighted by Crippen LogP contribution is 2.31. The van der Waals surface area contributed by atoms with Crippen molar-refractivity contribution in [2.24, 2.45) is 0 Å². The molecule has 2 aromatic carbocycles. The van der Waals surface area contributed by atoms with Crippen molar-refractivity contribution in [2.45, 2.75) is 18.9 Å². The normalized spacial score (nSPS) is 15.2. The van der Waals surface area contributed by atoms with Crippen molar-refractivity contribution >= 4 is 34.9 Å². The number of nitrogens with one attached hydrogen (secondary N) is 3. The first-order valence-electron chi connectivity index (χ1n) is 9.20. The van der Waals surface area contributed by atoms with Gasteiger partial charge in [-0.1, -0.05) is 54.1 Å².